The molecule has 0 heterocycles. The van der Waals surface area contributed by atoms with Crippen LogP contribution in [-0.2, 0) is 9.63 Å². The third kappa shape index (κ3) is 7.39. The van der Waals surface area contributed by atoms with E-state index < -0.39 is 0 Å². The molecule has 0 aliphatic carbocycles. The zero-order valence-electron chi connectivity index (χ0n) is 5.30. The minimum atomic E-state index is -0.271. The predicted octanol–water partition coefficient (Wildman–Crippen LogP) is -0.468. The first kappa shape index (κ1) is 8.39. The van der Waals surface area contributed by atoms with Crippen molar-refractivity contribution in [3.05, 3.63) is 0 Å². The van der Waals surface area contributed by atoms with Crippen molar-refractivity contribution in [3.63, 3.8) is 0 Å². The van der Waals surface area contributed by atoms with Gasteiger partial charge in [0.2, 0.25) is 5.91 Å². The van der Waals surface area contributed by atoms with Crippen molar-refractivity contribution in [1.29, 1.82) is 0 Å². The van der Waals surface area contributed by atoms with Gasteiger partial charge in [0.1, 0.15) is 0 Å². The summed E-state index contributed by atoms with van der Waals surface area (Å²) >= 11 is 0. The Morgan fingerprint density at radius 3 is 2.56 bits per heavy atom. The van der Waals surface area contributed by atoms with Crippen molar-refractivity contribution >= 4 is 5.91 Å². The summed E-state index contributed by atoms with van der Waals surface area (Å²) in [5.41, 5.74) is 4.86. The zero-order valence-corrected chi connectivity index (χ0v) is 5.30. The summed E-state index contributed by atoms with van der Waals surface area (Å²) in [5.74, 6) is 4.46. The minimum Gasteiger partial charge on any atom is -0.370 e. The van der Waals surface area contributed by atoms with Crippen LogP contribution in [-0.4, -0.2) is 12.5 Å². The first-order chi connectivity index (χ1) is 4.27. The quantitative estimate of drug-likeness (QED) is 0.392. The van der Waals surface area contributed by atoms with Crippen molar-refractivity contribution in [2.45, 2.75) is 19.3 Å². The summed E-state index contributed by atoms with van der Waals surface area (Å²) in [5, 5.41) is 0. The topological polar surface area (TPSA) is 78.3 Å². The van der Waals surface area contributed by atoms with Crippen molar-refractivity contribution < 1.29 is 9.63 Å². The molecule has 0 atom stereocenters. The number of hydrogen-bond acceptors (Lipinski definition) is 3. The van der Waals surface area contributed by atoms with Gasteiger partial charge >= 0.3 is 0 Å². The Labute approximate surface area is 54.1 Å². The third-order valence-electron chi connectivity index (χ3n) is 0.935. The molecule has 1 amide bonds. The first-order valence-electron chi connectivity index (χ1n) is 2.87. The van der Waals surface area contributed by atoms with E-state index in [4.69, 9.17) is 11.6 Å². The van der Waals surface area contributed by atoms with Crippen LogP contribution in [0.4, 0.5) is 0 Å². The largest absolute Gasteiger partial charge is 0.370 e. The van der Waals surface area contributed by atoms with E-state index in [-0.39, 0.29) is 5.91 Å². The molecule has 54 valence electrons. The fraction of sp³-hybridized carbons (Fsp3) is 0.800. The van der Waals surface area contributed by atoms with Crippen molar-refractivity contribution in [3.8, 4) is 0 Å². The molecule has 0 aromatic carbocycles. The fourth-order valence-electron chi connectivity index (χ4n) is 0.485. The Morgan fingerprint density at radius 2 is 2.11 bits per heavy atom. The van der Waals surface area contributed by atoms with E-state index in [1.807, 2.05) is 0 Å². The molecule has 0 aliphatic heterocycles. The molecule has 0 bridgehead atoms. The second-order valence-corrected chi connectivity index (χ2v) is 1.79. The lowest BCUT2D eigenvalue weighted by molar-refractivity contribution is -0.118. The van der Waals surface area contributed by atoms with Crippen molar-refractivity contribution in [1.82, 2.24) is 0 Å². The third-order valence-corrected chi connectivity index (χ3v) is 0.935. The highest BCUT2D eigenvalue weighted by Gasteiger charge is 1.92. The Kier molecular flexibility index (Phi) is 5.15. The van der Waals surface area contributed by atoms with E-state index >= 15 is 0 Å². The lowest BCUT2D eigenvalue weighted by Crippen LogP contribution is -2.10. The number of carbonyl (C=O) groups excluding carboxylic acids is 1. The highest BCUT2D eigenvalue weighted by molar-refractivity contribution is 5.73. The smallest absolute Gasteiger partial charge is 0.217 e. The van der Waals surface area contributed by atoms with E-state index in [1.54, 1.807) is 0 Å². The molecule has 4 nitrogen and oxygen atoms in total. The minimum absolute atomic E-state index is 0.271. The number of rotatable bonds is 5. The van der Waals surface area contributed by atoms with Gasteiger partial charge in [-0.25, -0.2) is 5.90 Å². The number of primary amides is 1. The van der Waals surface area contributed by atoms with Gasteiger partial charge in [0.15, 0.2) is 0 Å². The van der Waals surface area contributed by atoms with Crippen LogP contribution in [0.25, 0.3) is 0 Å². The maximum Gasteiger partial charge on any atom is 0.217 e. The molecule has 9 heavy (non-hydrogen) atoms. The Bertz CT molecular complexity index is 85.0. The van der Waals surface area contributed by atoms with Crippen molar-refractivity contribution in [2.75, 3.05) is 6.61 Å². The molecule has 0 aliphatic rings. The standard InChI is InChI=1S/C5H12N2O2/c6-5(8)3-1-2-4-9-7/h1-4,7H2,(H2,6,8). The number of unbranched alkanes of at least 4 members (excludes halogenated alkanes) is 1. The molecule has 0 unspecified atom stereocenters. The monoisotopic (exact) mass is 132 g/mol. The Balaban J connectivity index is 2.83. The van der Waals surface area contributed by atoms with Crippen LogP contribution in [0.3, 0.4) is 0 Å². The van der Waals surface area contributed by atoms with Gasteiger partial charge in [0.05, 0.1) is 6.61 Å². The van der Waals surface area contributed by atoms with Crippen LogP contribution in [0.5, 0.6) is 0 Å². The molecule has 0 saturated heterocycles. The summed E-state index contributed by atoms with van der Waals surface area (Å²) in [4.78, 5) is 14.4. The average Bonchev–Trinajstić information content (AvgIpc) is 1.80. The number of amides is 1. The predicted molar refractivity (Wildman–Crippen MR) is 33.2 cm³/mol. The van der Waals surface area contributed by atoms with Gasteiger partial charge < -0.3 is 10.6 Å². The number of hydrogen-bond donors (Lipinski definition) is 2. The van der Waals surface area contributed by atoms with Gasteiger partial charge in [-0.3, -0.25) is 4.79 Å². The van der Waals surface area contributed by atoms with Gasteiger partial charge in [-0.05, 0) is 12.8 Å². The van der Waals surface area contributed by atoms with E-state index in [0.717, 1.165) is 12.8 Å². The maximum absolute atomic E-state index is 10.1. The summed E-state index contributed by atoms with van der Waals surface area (Å²) in [6.45, 7) is 0.493. The van der Waals surface area contributed by atoms with Crippen molar-refractivity contribution in [2.24, 2.45) is 11.6 Å². The van der Waals surface area contributed by atoms with Gasteiger partial charge in [0, 0.05) is 6.42 Å². The Morgan fingerprint density at radius 1 is 1.44 bits per heavy atom. The highest BCUT2D eigenvalue weighted by Crippen LogP contribution is 1.92. The van der Waals surface area contributed by atoms with Gasteiger partial charge in [-0.15, -0.1) is 0 Å². The second-order valence-electron chi connectivity index (χ2n) is 1.79. The highest BCUT2D eigenvalue weighted by atomic mass is 16.6. The lowest BCUT2D eigenvalue weighted by Gasteiger charge is -1.94. The molecule has 4 heteroatoms. The molecular formula is C5H12N2O2. The normalized spacial score (nSPS) is 9.44. The van der Waals surface area contributed by atoms with E-state index in [2.05, 4.69) is 4.84 Å². The summed E-state index contributed by atoms with van der Waals surface area (Å²) in [6.07, 6.45) is 1.97. The Hall–Kier alpha value is -0.610. The van der Waals surface area contributed by atoms with E-state index in [0.29, 0.717) is 13.0 Å². The van der Waals surface area contributed by atoms with Crippen LogP contribution >= 0.6 is 0 Å². The van der Waals surface area contributed by atoms with Crippen LogP contribution in [0, 0.1) is 0 Å². The summed E-state index contributed by atoms with van der Waals surface area (Å²) < 4.78 is 0. The average molecular weight is 132 g/mol. The van der Waals surface area contributed by atoms with Gasteiger partial charge in [-0.1, -0.05) is 0 Å². The van der Waals surface area contributed by atoms with Crippen LogP contribution in [0.15, 0.2) is 0 Å². The van der Waals surface area contributed by atoms with Crippen LogP contribution in [0.2, 0.25) is 0 Å². The number of carbonyl (C=O) groups is 1. The van der Waals surface area contributed by atoms with Crippen LogP contribution in [0.1, 0.15) is 19.3 Å². The molecule has 0 radical (unpaired) electrons. The first-order valence-corrected chi connectivity index (χ1v) is 2.87. The summed E-state index contributed by atoms with van der Waals surface area (Å²) in [6, 6.07) is 0. The number of nitrogens with two attached hydrogens (primary N) is 2. The molecule has 0 fully saturated rings. The molecule has 0 aromatic rings. The maximum atomic E-state index is 10.1. The molecular weight excluding hydrogens is 120 g/mol. The SMILES string of the molecule is NOCCCCC(N)=O. The fourth-order valence-corrected chi connectivity index (χ4v) is 0.485. The van der Waals surface area contributed by atoms with E-state index in [1.165, 1.54) is 0 Å². The molecule has 0 saturated carbocycles. The second kappa shape index (κ2) is 5.53. The zero-order chi connectivity index (χ0) is 7.11. The van der Waals surface area contributed by atoms with Crippen LogP contribution < -0.4 is 11.6 Å². The molecule has 0 aromatic heterocycles. The molecule has 0 rings (SSSR count). The lowest BCUT2D eigenvalue weighted by atomic mass is 10.2. The molecule has 4 N–H and O–H groups in total. The van der Waals surface area contributed by atoms with Gasteiger partial charge in [0.25, 0.3) is 0 Å². The van der Waals surface area contributed by atoms with E-state index in [9.17, 15) is 4.79 Å². The molecule has 0 spiro atoms. The summed E-state index contributed by atoms with van der Waals surface area (Å²) in [7, 11) is 0. The van der Waals surface area contributed by atoms with Gasteiger partial charge in [-0.2, -0.15) is 0 Å².